The highest BCUT2D eigenvalue weighted by atomic mass is 16.6. The first kappa shape index (κ1) is 13.6. The van der Waals surface area contributed by atoms with Crippen molar-refractivity contribution in [1.82, 2.24) is 14.5 Å². The molecule has 6 nitrogen and oxygen atoms in total. The number of carbonyl (C=O) groups excluding carboxylic acids is 1. The number of rotatable bonds is 3. The molecule has 3 rings (SSSR count). The molecule has 1 aromatic rings. The summed E-state index contributed by atoms with van der Waals surface area (Å²) >= 11 is 0. The molecule has 20 heavy (non-hydrogen) atoms. The second-order valence-corrected chi connectivity index (χ2v) is 5.63. The van der Waals surface area contributed by atoms with Crippen LogP contribution in [0.15, 0.2) is 12.4 Å². The maximum absolute atomic E-state index is 12.7. The lowest BCUT2D eigenvalue weighted by Gasteiger charge is -2.29. The Labute approximate surface area is 118 Å². The predicted molar refractivity (Wildman–Crippen MR) is 72.3 cm³/mol. The zero-order valence-electron chi connectivity index (χ0n) is 12.0. The van der Waals surface area contributed by atoms with Gasteiger partial charge in [-0.1, -0.05) is 0 Å². The highest BCUT2D eigenvalue weighted by molar-refractivity contribution is 5.86. The summed E-state index contributed by atoms with van der Waals surface area (Å²) in [5.74, 6) is 1.43. The highest BCUT2D eigenvalue weighted by Gasteiger charge is 2.46. The molecule has 2 saturated heterocycles. The molecule has 0 aromatic carbocycles. The Morgan fingerprint density at radius 1 is 1.60 bits per heavy atom. The first-order chi connectivity index (χ1) is 9.66. The van der Waals surface area contributed by atoms with Gasteiger partial charge in [0.1, 0.15) is 5.82 Å². The fourth-order valence-corrected chi connectivity index (χ4v) is 3.18. The van der Waals surface area contributed by atoms with Gasteiger partial charge in [0, 0.05) is 52.0 Å². The molecule has 6 heteroatoms. The quantitative estimate of drug-likeness (QED) is 0.810. The molecule has 1 aromatic heterocycles. The Kier molecular flexibility index (Phi) is 3.52. The third kappa shape index (κ3) is 2.13. The minimum absolute atomic E-state index is 0.0641. The van der Waals surface area contributed by atoms with E-state index in [1.165, 1.54) is 0 Å². The van der Waals surface area contributed by atoms with Crippen molar-refractivity contribution in [2.24, 2.45) is 7.05 Å². The Morgan fingerprint density at radius 3 is 3.05 bits per heavy atom. The summed E-state index contributed by atoms with van der Waals surface area (Å²) in [6.45, 7) is 2.44. The lowest BCUT2D eigenvalue weighted by molar-refractivity contribution is -0.153. The number of aryl methyl sites for hydroxylation is 1. The molecule has 0 saturated carbocycles. The van der Waals surface area contributed by atoms with Crippen LogP contribution in [0.5, 0.6) is 0 Å². The summed E-state index contributed by atoms with van der Waals surface area (Å²) < 4.78 is 12.9. The topological polar surface area (TPSA) is 56.6 Å². The molecule has 2 atom stereocenters. The monoisotopic (exact) mass is 279 g/mol. The molecule has 110 valence electrons. The van der Waals surface area contributed by atoms with Gasteiger partial charge in [-0.25, -0.2) is 4.98 Å². The number of amides is 1. The number of methoxy groups -OCH3 is 1. The average Bonchev–Trinajstić information content (AvgIpc) is 3.18. The SMILES string of the molecule is COC1(C(=O)N2CCC(c3nccn3C)C2)CCOC1. The predicted octanol–water partition coefficient (Wildman–Crippen LogP) is 0.541. The van der Waals surface area contributed by atoms with Crippen molar-refractivity contribution >= 4 is 5.91 Å². The molecular formula is C14H21N3O3. The van der Waals surface area contributed by atoms with Crippen molar-refractivity contribution < 1.29 is 14.3 Å². The van der Waals surface area contributed by atoms with E-state index in [0.717, 1.165) is 25.3 Å². The largest absolute Gasteiger partial charge is 0.378 e. The van der Waals surface area contributed by atoms with Crippen molar-refractivity contribution in [2.45, 2.75) is 24.4 Å². The van der Waals surface area contributed by atoms with Gasteiger partial charge >= 0.3 is 0 Å². The minimum Gasteiger partial charge on any atom is -0.378 e. The van der Waals surface area contributed by atoms with Crippen LogP contribution in [0.25, 0.3) is 0 Å². The average molecular weight is 279 g/mol. The summed E-state index contributed by atoms with van der Waals surface area (Å²) in [5, 5.41) is 0. The van der Waals surface area contributed by atoms with Crippen LogP contribution < -0.4 is 0 Å². The van der Waals surface area contributed by atoms with Crippen molar-refractivity contribution in [3.63, 3.8) is 0 Å². The third-order valence-electron chi connectivity index (χ3n) is 4.47. The maximum Gasteiger partial charge on any atom is 0.257 e. The van der Waals surface area contributed by atoms with E-state index in [2.05, 4.69) is 4.98 Å². The lowest BCUT2D eigenvalue weighted by atomic mass is 10.0. The van der Waals surface area contributed by atoms with Gasteiger partial charge in [0.25, 0.3) is 5.91 Å². The van der Waals surface area contributed by atoms with Crippen LogP contribution in [-0.2, 0) is 21.3 Å². The number of carbonyl (C=O) groups is 1. The number of likely N-dealkylation sites (tertiary alicyclic amines) is 1. The van der Waals surface area contributed by atoms with Crippen molar-refractivity contribution in [3.05, 3.63) is 18.2 Å². The smallest absolute Gasteiger partial charge is 0.257 e. The van der Waals surface area contributed by atoms with Crippen molar-refractivity contribution in [1.29, 1.82) is 0 Å². The molecule has 1 amide bonds. The Hall–Kier alpha value is -1.40. The van der Waals surface area contributed by atoms with Crippen molar-refractivity contribution in [3.8, 4) is 0 Å². The van der Waals surface area contributed by atoms with Crippen LogP contribution in [0, 0.1) is 0 Å². The molecule has 0 bridgehead atoms. The standard InChI is InChI=1S/C14H21N3O3/c1-16-7-5-15-12(16)11-3-6-17(9-11)13(18)14(19-2)4-8-20-10-14/h5,7,11H,3-4,6,8-10H2,1-2H3. The molecular weight excluding hydrogens is 258 g/mol. The summed E-state index contributed by atoms with van der Waals surface area (Å²) in [4.78, 5) is 19.0. The maximum atomic E-state index is 12.7. The van der Waals surface area contributed by atoms with E-state index < -0.39 is 5.60 Å². The zero-order valence-corrected chi connectivity index (χ0v) is 12.0. The van der Waals surface area contributed by atoms with E-state index >= 15 is 0 Å². The first-order valence-corrected chi connectivity index (χ1v) is 7.06. The Morgan fingerprint density at radius 2 is 2.45 bits per heavy atom. The van der Waals surface area contributed by atoms with Crippen LogP contribution in [-0.4, -0.2) is 59.4 Å². The molecule has 2 fully saturated rings. The van der Waals surface area contributed by atoms with Crippen molar-refractivity contribution in [2.75, 3.05) is 33.4 Å². The molecule has 0 spiro atoms. The lowest BCUT2D eigenvalue weighted by Crippen LogP contribution is -2.50. The second kappa shape index (κ2) is 5.18. The molecule has 0 aliphatic carbocycles. The van der Waals surface area contributed by atoms with Gasteiger partial charge in [0.05, 0.1) is 13.2 Å². The second-order valence-electron chi connectivity index (χ2n) is 5.63. The van der Waals surface area contributed by atoms with Crippen LogP contribution in [0.2, 0.25) is 0 Å². The summed E-state index contributed by atoms with van der Waals surface area (Å²) in [6, 6.07) is 0. The molecule has 3 heterocycles. The van der Waals surface area contributed by atoms with E-state index in [-0.39, 0.29) is 5.91 Å². The number of ether oxygens (including phenoxy) is 2. The van der Waals surface area contributed by atoms with E-state index in [4.69, 9.17) is 9.47 Å². The Balaban J connectivity index is 1.71. The van der Waals surface area contributed by atoms with E-state index in [9.17, 15) is 4.79 Å². The fourth-order valence-electron chi connectivity index (χ4n) is 3.18. The van der Waals surface area contributed by atoms with Gasteiger partial charge in [-0.3, -0.25) is 4.79 Å². The van der Waals surface area contributed by atoms with Gasteiger partial charge < -0.3 is 18.9 Å². The third-order valence-corrected chi connectivity index (χ3v) is 4.47. The number of hydrogen-bond donors (Lipinski definition) is 0. The number of nitrogens with zero attached hydrogens (tertiary/aromatic N) is 3. The molecule has 2 unspecified atom stereocenters. The molecule has 2 aliphatic rings. The fraction of sp³-hybridized carbons (Fsp3) is 0.714. The Bertz CT molecular complexity index is 494. The summed E-state index contributed by atoms with van der Waals surface area (Å²) in [6.07, 6.45) is 5.35. The molecule has 0 N–H and O–H groups in total. The van der Waals surface area contributed by atoms with Crippen LogP contribution in [0.3, 0.4) is 0 Å². The van der Waals surface area contributed by atoms with Gasteiger partial charge in [-0.05, 0) is 6.42 Å². The van der Waals surface area contributed by atoms with E-state index in [0.29, 0.717) is 25.6 Å². The zero-order chi connectivity index (χ0) is 14.2. The van der Waals surface area contributed by atoms with Gasteiger partial charge in [-0.15, -0.1) is 0 Å². The minimum atomic E-state index is -0.767. The van der Waals surface area contributed by atoms with Gasteiger partial charge in [-0.2, -0.15) is 0 Å². The van der Waals surface area contributed by atoms with E-state index in [1.807, 2.05) is 22.7 Å². The highest BCUT2D eigenvalue weighted by Crippen LogP contribution is 2.31. The number of aromatic nitrogens is 2. The van der Waals surface area contributed by atoms with Gasteiger partial charge in [0.15, 0.2) is 5.60 Å². The first-order valence-electron chi connectivity index (χ1n) is 7.06. The van der Waals surface area contributed by atoms with Crippen LogP contribution >= 0.6 is 0 Å². The number of imidazole rings is 1. The molecule has 2 aliphatic heterocycles. The van der Waals surface area contributed by atoms with E-state index in [1.54, 1.807) is 13.3 Å². The normalized spacial score (nSPS) is 30.1. The summed E-state index contributed by atoms with van der Waals surface area (Å²) in [7, 11) is 3.59. The van der Waals surface area contributed by atoms with Crippen LogP contribution in [0.4, 0.5) is 0 Å². The summed E-state index contributed by atoms with van der Waals surface area (Å²) in [5.41, 5.74) is -0.767. The van der Waals surface area contributed by atoms with Gasteiger partial charge in [0.2, 0.25) is 0 Å². The van der Waals surface area contributed by atoms with Crippen LogP contribution in [0.1, 0.15) is 24.6 Å². The number of hydrogen-bond acceptors (Lipinski definition) is 4. The molecule has 0 radical (unpaired) electrons.